The van der Waals surface area contributed by atoms with Crippen molar-refractivity contribution in [2.75, 3.05) is 26.3 Å². The molecule has 1 fully saturated rings. The molecule has 2 heterocycles. The molecule has 0 aliphatic carbocycles. The Hall–Kier alpha value is -1.75. The molecule has 3 rings (SSSR count). The molecule has 5 heteroatoms. The molecule has 0 unspecified atom stereocenters. The molecule has 0 radical (unpaired) electrons. The molecule has 25 heavy (non-hydrogen) atoms. The molecule has 0 spiro atoms. The summed E-state index contributed by atoms with van der Waals surface area (Å²) in [6.07, 6.45) is 2.08. The summed E-state index contributed by atoms with van der Waals surface area (Å²) in [5.74, 6) is 2.57. The average Bonchev–Trinajstić information content (AvgIpc) is 2.65. The van der Waals surface area contributed by atoms with E-state index in [1.807, 2.05) is 30.9 Å². The van der Waals surface area contributed by atoms with E-state index in [4.69, 9.17) is 9.47 Å². The van der Waals surface area contributed by atoms with Crippen LogP contribution in [-0.2, 0) is 11.3 Å². The molecule has 5 nitrogen and oxygen atoms in total. The number of nitrogens with zero attached hydrogens (tertiary/aromatic N) is 1. The Bertz CT molecular complexity index is 603. The third-order valence-electron chi connectivity index (χ3n) is 5.27. The second-order valence-corrected chi connectivity index (χ2v) is 7.32. The summed E-state index contributed by atoms with van der Waals surface area (Å²) in [6.45, 7) is 9.87. The summed E-state index contributed by atoms with van der Waals surface area (Å²) in [6, 6.07) is 6.51. The van der Waals surface area contributed by atoms with Crippen molar-refractivity contribution in [1.82, 2.24) is 10.2 Å². The topological polar surface area (TPSA) is 50.8 Å². The first-order valence-electron chi connectivity index (χ1n) is 9.49. The molecule has 1 N–H and O–H groups in total. The summed E-state index contributed by atoms with van der Waals surface area (Å²) in [5, 5.41) is 3.70. The van der Waals surface area contributed by atoms with Crippen LogP contribution in [0.15, 0.2) is 18.2 Å². The van der Waals surface area contributed by atoms with Gasteiger partial charge in [0, 0.05) is 37.2 Å². The fourth-order valence-electron chi connectivity index (χ4n) is 3.79. The highest BCUT2D eigenvalue weighted by Gasteiger charge is 2.31. The van der Waals surface area contributed by atoms with E-state index in [0.29, 0.717) is 25.2 Å². The van der Waals surface area contributed by atoms with Crippen LogP contribution in [0.1, 0.15) is 39.2 Å². The highest BCUT2D eigenvalue weighted by atomic mass is 16.6. The molecular formula is C20H30N2O3. The lowest BCUT2D eigenvalue weighted by Crippen LogP contribution is -2.51. The minimum absolute atomic E-state index is 0.0787. The van der Waals surface area contributed by atoms with Crippen LogP contribution in [0.4, 0.5) is 0 Å². The Kier molecular flexibility index (Phi) is 5.84. The Labute approximate surface area is 150 Å². The molecule has 1 aromatic carbocycles. The molecule has 1 saturated heterocycles. The van der Waals surface area contributed by atoms with Crippen molar-refractivity contribution in [2.24, 2.45) is 11.8 Å². The summed E-state index contributed by atoms with van der Waals surface area (Å²) in [7, 11) is 0. The van der Waals surface area contributed by atoms with Gasteiger partial charge in [-0.15, -0.1) is 0 Å². The Balaban J connectivity index is 1.61. The van der Waals surface area contributed by atoms with Gasteiger partial charge < -0.3 is 19.7 Å². The SMILES string of the molecule is CC[C@H]1CN(C(=O)C(C)C)CC[C@H]1NCc1cccc2c1OCCO2. The molecule has 138 valence electrons. The number of hydrogen-bond acceptors (Lipinski definition) is 4. The van der Waals surface area contributed by atoms with Crippen molar-refractivity contribution < 1.29 is 14.3 Å². The predicted octanol–water partition coefficient (Wildman–Crippen LogP) is 2.83. The van der Waals surface area contributed by atoms with Gasteiger partial charge in [-0.05, 0) is 18.4 Å². The monoisotopic (exact) mass is 346 g/mol. The van der Waals surface area contributed by atoms with Gasteiger partial charge in [-0.3, -0.25) is 4.79 Å². The highest BCUT2D eigenvalue weighted by Crippen LogP contribution is 2.34. The minimum atomic E-state index is 0.0787. The second-order valence-electron chi connectivity index (χ2n) is 7.32. The van der Waals surface area contributed by atoms with Crippen LogP contribution in [-0.4, -0.2) is 43.2 Å². The fourth-order valence-corrected chi connectivity index (χ4v) is 3.79. The van der Waals surface area contributed by atoms with Crippen molar-refractivity contribution in [1.29, 1.82) is 0 Å². The van der Waals surface area contributed by atoms with Gasteiger partial charge in [0.05, 0.1) is 0 Å². The van der Waals surface area contributed by atoms with Crippen LogP contribution in [0.2, 0.25) is 0 Å². The van der Waals surface area contributed by atoms with Crippen LogP contribution in [0.25, 0.3) is 0 Å². The third-order valence-corrected chi connectivity index (χ3v) is 5.27. The number of rotatable bonds is 5. The predicted molar refractivity (Wildman–Crippen MR) is 97.9 cm³/mol. The first kappa shape index (κ1) is 18.1. The fraction of sp³-hybridized carbons (Fsp3) is 0.650. The zero-order chi connectivity index (χ0) is 17.8. The first-order valence-corrected chi connectivity index (χ1v) is 9.49. The molecule has 0 saturated carbocycles. The number of carbonyl (C=O) groups excluding carboxylic acids is 1. The van der Waals surface area contributed by atoms with Crippen molar-refractivity contribution in [3.8, 4) is 11.5 Å². The highest BCUT2D eigenvalue weighted by molar-refractivity contribution is 5.78. The molecule has 2 aliphatic rings. The minimum Gasteiger partial charge on any atom is -0.486 e. The Morgan fingerprint density at radius 3 is 2.88 bits per heavy atom. The van der Waals surface area contributed by atoms with E-state index >= 15 is 0 Å². The zero-order valence-electron chi connectivity index (χ0n) is 15.6. The van der Waals surface area contributed by atoms with Gasteiger partial charge in [-0.2, -0.15) is 0 Å². The number of amides is 1. The number of benzene rings is 1. The van der Waals surface area contributed by atoms with Gasteiger partial charge >= 0.3 is 0 Å². The standard InChI is InChI=1S/C20H30N2O3/c1-4-15-13-22(20(23)14(2)3)9-8-17(15)21-12-16-6-5-7-18-19(16)25-11-10-24-18/h5-7,14-15,17,21H,4,8-13H2,1-3H3/t15-,17+/m0/s1. The van der Waals surface area contributed by atoms with Gasteiger partial charge in [0.15, 0.2) is 11.5 Å². The maximum Gasteiger partial charge on any atom is 0.225 e. The normalized spacial score (nSPS) is 23.0. The van der Waals surface area contributed by atoms with Gasteiger partial charge in [0.25, 0.3) is 0 Å². The van der Waals surface area contributed by atoms with E-state index in [-0.39, 0.29) is 11.8 Å². The Morgan fingerprint density at radius 2 is 2.12 bits per heavy atom. The van der Waals surface area contributed by atoms with E-state index in [1.54, 1.807) is 0 Å². The van der Waals surface area contributed by atoms with Gasteiger partial charge in [0.2, 0.25) is 5.91 Å². The van der Waals surface area contributed by atoms with Crippen LogP contribution in [0.5, 0.6) is 11.5 Å². The van der Waals surface area contributed by atoms with E-state index in [9.17, 15) is 4.79 Å². The van der Waals surface area contributed by atoms with Crippen molar-refractivity contribution in [3.63, 3.8) is 0 Å². The number of hydrogen-bond donors (Lipinski definition) is 1. The number of carbonyl (C=O) groups is 1. The number of likely N-dealkylation sites (tertiary alicyclic amines) is 1. The summed E-state index contributed by atoms with van der Waals surface area (Å²) >= 11 is 0. The van der Waals surface area contributed by atoms with Crippen LogP contribution < -0.4 is 14.8 Å². The number of nitrogens with one attached hydrogen (secondary N) is 1. The van der Waals surface area contributed by atoms with Crippen molar-refractivity contribution in [2.45, 2.75) is 46.2 Å². The quantitative estimate of drug-likeness (QED) is 0.891. The van der Waals surface area contributed by atoms with Crippen LogP contribution >= 0.6 is 0 Å². The van der Waals surface area contributed by atoms with E-state index in [2.05, 4.69) is 18.3 Å². The van der Waals surface area contributed by atoms with E-state index < -0.39 is 0 Å². The lowest BCUT2D eigenvalue weighted by Gasteiger charge is -2.39. The van der Waals surface area contributed by atoms with E-state index in [0.717, 1.165) is 49.5 Å². The van der Waals surface area contributed by atoms with E-state index in [1.165, 1.54) is 0 Å². The number of para-hydroxylation sites is 1. The zero-order valence-corrected chi connectivity index (χ0v) is 15.6. The van der Waals surface area contributed by atoms with Gasteiger partial charge in [0.1, 0.15) is 13.2 Å². The lowest BCUT2D eigenvalue weighted by molar-refractivity contribution is -0.136. The molecule has 0 bridgehead atoms. The molecule has 1 aromatic rings. The second kappa shape index (κ2) is 8.09. The summed E-state index contributed by atoms with van der Waals surface area (Å²) in [5.41, 5.74) is 1.15. The van der Waals surface area contributed by atoms with Crippen LogP contribution in [0, 0.1) is 11.8 Å². The average molecular weight is 346 g/mol. The molecule has 0 aromatic heterocycles. The smallest absolute Gasteiger partial charge is 0.225 e. The maximum atomic E-state index is 12.3. The van der Waals surface area contributed by atoms with Gasteiger partial charge in [-0.25, -0.2) is 0 Å². The number of piperidine rings is 1. The molecular weight excluding hydrogens is 316 g/mol. The third kappa shape index (κ3) is 4.09. The maximum absolute atomic E-state index is 12.3. The summed E-state index contributed by atoms with van der Waals surface area (Å²) < 4.78 is 11.5. The molecule has 2 aliphatic heterocycles. The Morgan fingerprint density at radius 1 is 1.32 bits per heavy atom. The number of fused-ring (bicyclic) bond motifs is 1. The number of ether oxygens (including phenoxy) is 2. The summed E-state index contributed by atoms with van der Waals surface area (Å²) in [4.78, 5) is 14.3. The molecule has 2 atom stereocenters. The largest absolute Gasteiger partial charge is 0.486 e. The van der Waals surface area contributed by atoms with Crippen molar-refractivity contribution >= 4 is 5.91 Å². The van der Waals surface area contributed by atoms with Crippen molar-refractivity contribution in [3.05, 3.63) is 23.8 Å². The molecule has 1 amide bonds. The van der Waals surface area contributed by atoms with Crippen LogP contribution in [0.3, 0.4) is 0 Å². The lowest BCUT2D eigenvalue weighted by atomic mass is 9.89. The first-order chi connectivity index (χ1) is 12.1. The van der Waals surface area contributed by atoms with Gasteiger partial charge in [-0.1, -0.05) is 39.3 Å².